The van der Waals surface area contributed by atoms with Crippen molar-refractivity contribution in [3.05, 3.63) is 29.1 Å². The van der Waals surface area contributed by atoms with E-state index in [2.05, 4.69) is 0 Å². The van der Waals surface area contributed by atoms with Gasteiger partial charge in [-0.05, 0) is 25.0 Å². The van der Waals surface area contributed by atoms with Gasteiger partial charge in [-0.15, -0.1) is 11.3 Å². The van der Waals surface area contributed by atoms with Crippen LogP contribution in [0.5, 0.6) is 5.75 Å². The Bertz CT molecular complexity index is 812. The van der Waals surface area contributed by atoms with Gasteiger partial charge in [0.05, 0.1) is 6.61 Å². The van der Waals surface area contributed by atoms with Crippen LogP contribution in [0.1, 0.15) is 41.8 Å². The molecule has 1 atom stereocenters. The molecule has 0 spiro atoms. The molecular formula is C20H25NO5S. The van der Waals surface area contributed by atoms with E-state index in [0.29, 0.717) is 10.6 Å². The van der Waals surface area contributed by atoms with Gasteiger partial charge < -0.3 is 19.5 Å². The first kappa shape index (κ1) is 19.6. The Labute approximate surface area is 162 Å². The molecule has 2 aromatic rings. The highest BCUT2D eigenvalue weighted by atomic mass is 32.1. The van der Waals surface area contributed by atoms with Gasteiger partial charge in [-0.25, -0.2) is 4.79 Å². The molecule has 3 rings (SSSR count). The number of carboxylic acid groups (broad SMARTS) is 1. The van der Waals surface area contributed by atoms with Gasteiger partial charge in [0.1, 0.15) is 4.88 Å². The Kier molecular flexibility index (Phi) is 6.34. The number of rotatable bonds is 7. The highest BCUT2D eigenvalue weighted by Gasteiger charge is 2.30. The number of benzene rings is 1. The molecule has 1 fully saturated rings. The first-order valence-electron chi connectivity index (χ1n) is 9.20. The molecule has 1 unspecified atom stereocenters. The minimum absolute atomic E-state index is 0.0917. The Balaban J connectivity index is 1.96. The summed E-state index contributed by atoms with van der Waals surface area (Å²) in [6, 6.07) is 7.73. The fraction of sp³-hybridized carbons (Fsp3) is 0.500. The third kappa shape index (κ3) is 4.25. The minimum Gasteiger partial charge on any atom is -0.478 e. The average Bonchev–Trinajstić information content (AvgIpc) is 3.05. The van der Waals surface area contributed by atoms with E-state index < -0.39 is 12.1 Å². The second kappa shape index (κ2) is 8.71. The van der Waals surface area contributed by atoms with Crippen molar-refractivity contribution in [2.24, 2.45) is 0 Å². The van der Waals surface area contributed by atoms with E-state index >= 15 is 0 Å². The molecule has 1 N–H and O–H groups in total. The van der Waals surface area contributed by atoms with Crippen molar-refractivity contribution in [3.63, 3.8) is 0 Å². The van der Waals surface area contributed by atoms with E-state index in [0.717, 1.165) is 35.8 Å². The summed E-state index contributed by atoms with van der Waals surface area (Å²) in [4.78, 5) is 27.0. The van der Waals surface area contributed by atoms with Gasteiger partial charge in [0.2, 0.25) is 6.10 Å². The summed E-state index contributed by atoms with van der Waals surface area (Å²) in [7, 11) is 3.25. The second-order valence-corrected chi connectivity index (χ2v) is 7.92. The molecule has 0 aliphatic heterocycles. The molecule has 1 aromatic carbocycles. The molecule has 1 heterocycles. The van der Waals surface area contributed by atoms with Gasteiger partial charge >= 0.3 is 5.97 Å². The summed E-state index contributed by atoms with van der Waals surface area (Å²) >= 11 is 1.35. The fourth-order valence-corrected chi connectivity index (χ4v) is 4.64. The van der Waals surface area contributed by atoms with Gasteiger partial charge in [-0.2, -0.15) is 0 Å². The van der Waals surface area contributed by atoms with Crippen LogP contribution < -0.4 is 4.74 Å². The van der Waals surface area contributed by atoms with Crippen LogP contribution in [0.3, 0.4) is 0 Å². The van der Waals surface area contributed by atoms with Crippen LogP contribution >= 0.6 is 11.3 Å². The largest absolute Gasteiger partial charge is 0.478 e. The van der Waals surface area contributed by atoms with E-state index in [-0.39, 0.29) is 18.6 Å². The van der Waals surface area contributed by atoms with Crippen molar-refractivity contribution in [2.75, 3.05) is 20.8 Å². The summed E-state index contributed by atoms with van der Waals surface area (Å²) in [5.41, 5.74) is 0. The quantitative estimate of drug-likeness (QED) is 0.777. The van der Waals surface area contributed by atoms with E-state index in [4.69, 9.17) is 9.47 Å². The zero-order valence-corrected chi connectivity index (χ0v) is 16.5. The summed E-state index contributed by atoms with van der Waals surface area (Å²) < 4.78 is 11.7. The molecule has 1 amide bonds. The first-order chi connectivity index (χ1) is 13.0. The number of carbonyl (C=O) groups excluding carboxylic acids is 1. The van der Waals surface area contributed by atoms with E-state index in [1.54, 1.807) is 4.90 Å². The molecule has 1 aliphatic rings. The molecule has 1 aromatic heterocycles. The molecule has 6 nitrogen and oxygen atoms in total. The zero-order valence-electron chi connectivity index (χ0n) is 15.6. The topological polar surface area (TPSA) is 76.1 Å². The maximum absolute atomic E-state index is 13.2. The number of carbonyl (C=O) groups is 2. The van der Waals surface area contributed by atoms with E-state index in [9.17, 15) is 14.7 Å². The van der Waals surface area contributed by atoms with E-state index in [1.807, 2.05) is 31.3 Å². The molecule has 27 heavy (non-hydrogen) atoms. The Morgan fingerprint density at radius 2 is 1.96 bits per heavy atom. The van der Waals surface area contributed by atoms with Crippen LogP contribution in [0.2, 0.25) is 0 Å². The standard InChI is InChI=1S/C20H25NO5S/c1-21(13-8-4-3-5-9-13)19(22)18-17(26-15(12-25-2)20(23)24)14-10-6-7-11-16(14)27-18/h6-7,10-11,13,15H,3-5,8-9,12H2,1-2H3,(H,23,24). The molecule has 1 saturated carbocycles. The predicted molar refractivity (Wildman–Crippen MR) is 105 cm³/mol. The minimum atomic E-state index is -1.17. The zero-order chi connectivity index (χ0) is 19.4. The smallest absolute Gasteiger partial charge is 0.347 e. The van der Waals surface area contributed by atoms with Crippen LogP contribution in [0.4, 0.5) is 0 Å². The highest BCUT2D eigenvalue weighted by molar-refractivity contribution is 7.21. The van der Waals surface area contributed by atoms with Crippen molar-refractivity contribution < 1.29 is 24.2 Å². The first-order valence-corrected chi connectivity index (χ1v) is 10.0. The van der Waals surface area contributed by atoms with E-state index in [1.165, 1.54) is 24.9 Å². The number of hydrogen-bond donors (Lipinski definition) is 1. The Morgan fingerprint density at radius 3 is 2.63 bits per heavy atom. The Hall–Kier alpha value is -2.12. The summed E-state index contributed by atoms with van der Waals surface area (Å²) in [5, 5.41) is 10.2. The van der Waals surface area contributed by atoms with Crippen molar-refractivity contribution in [1.29, 1.82) is 0 Å². The summed E-state index contributed by atoms with van der Waals surface area (Å²) in [6.07, 6.45) is 4.32. The number of carboxylic acids is 1. The number of thiophene rings is 1. The average molecular weight is 391 g/mol. The molecule has 0 saturated heterocycles. The summed E-state index contributed by atoms with van der Waals surface area (Å²) in [5.74, 6) is -0.890. The Morgan fingerprint density at radius 1 is 1.26 bits per heavy atom. The van der Waals surface area contributed by atoms with Crippen LogP contribution in [-0.2, 0) is 9.53 Å². The van der Waals surface area contributed by atoms with Gasteiger partial charge in [-0.3, -0.25) is 4.79 Å². The number of nitrogens with zero attached hydrogens (tertiary/aromatic N) is 1. The van der Waals surface area contributed by atoms with Crippen molar-refractivity contribution in [1.82, 2.24) is 4.90 Å². The molecule has 1 aliphatic carbocycles. The molecule has 0 radical (unpaired) electrons. The molecule has 146 valence electrons. The van der Waals surface area contributed by atoms with Crippen LogP contribution in [0, 0.1) is 0 Å². The maximum Gasteiger partial charge on any atom is 0.347 e. The lowest BCUT2D eigenvalue weighted by atomic mass is 9.94. The van der Waals surface area contributed by atoms with Gasteiger partial charge in [-0.1, -0.05) is 31.4 Å². The molecule has 0 bridgehead atoms. The number of amides is 1. The van der Waals surface area contributed by atoms with Gasteiger partial charge in [0.15, 0.2) is 5.75 Å². The fourth-order valence-electron chi connectivity index (χ4n) is 3.52. The SMILES string of the molecule is COCC(Oc1c(C(=O)N(C)C2CCCCC2)sc2ccccc12)C(=O)O. The third-order valence-electron chi connectivity index (χ3n) is 5.04. The maximum atomic E-state index is 13.2. The number of methoxy groups -OCH3 is 1. The molecular weight excluding hydrogens is 366 g/mol. The van der Waals surface area contributed by atoms with Crippen LogP contribution in [0.15, 0.2) is 24.3 Å². The lowest BCUT2D eigenvalue weighted by Gasteiger charge is -2.31. The van der Waals surface area contributed by atoms with Crippen LogP contribution in [0.25, 0.3) is 10.1 Å². The second-order valence-electron chi connectivity index (χ2n) is 6.86. The lowest BCUT2D eigenvalue weighted by molar-refractivity contribution is -0.147. The molecule has 7 heteroatoms. The number of ether oxygens (including phenoxy) is 2. The summed E-state index contributed by atoms with van der Waals surface area (Å²) in [6.45, 7) is -0.0917. The lowest BCUT2D eigenvalue weighted by Crippen LogP contribution is -2.38. The van der Waals surface area contributed by atoms with Crippen LogP contribution in [-0.4, -0.2) is 54.8 Å². The number of fused-ring (bicyclic) bond motifs is 1. The normalized spacial score (nSPS) is 16.2. The number of hydrogen-bond acceptors (Lipinski definition) is 5. The van der Waals surface area contributed by atoms with Gasteiger partial charge in [0.25, 0.3) is 5.91 Å². The highest BCUT2D eigenvalue weighted by Crippen LogP contribution is 2.39. The predicted octanol–water partition coefficient (Wildman–Crippen LogP) is 3.78. The van der Waals surface area contributed by atoms with Gasteiger partial charge in [0, 0.05) is 30.3 Å². The third-order valence-corrected chi connectivity index (χ3v) is 6.18. The van der Waals surface area contributed by atoms with Crippen molar-refractivity contribution in [3.8, 4) is 5.75 Å². The van der Waals surface area contributed by atoms with Crippen molar-refractivity contribution >= 4 is 33.3 Å². The monoisotopic (exact) mass is 391 g/mol. The number of aliphatic carboxylic acids is 1. The van der Waals surface area contributed by atoms with Crippen molar-refractivity contribution in [2.45, 2.75) is 44.2 Å².